The second-order valence-electron chi connectivity index (χ2n) is 2.64. The van der Waals surface area contributed by atoms with Crippen LogP contribution in [0.15, 0.2) is 29.2 Å². The van der Waals surface area contributed by atoms with Crippen molar-refractivity contribution in [2.75, 3.05) is 6.54 Å². The third-order valence-electron chi connectivity index (χ3n) is 1.57. The van der Waals surface area contributed by atoms with E-state index in [2.05, 4.69) is 5.32 Å². The summed E-state index contributed by atoms with van der Waals surface area (Å²) in [5.41, 5.74) is -0.309. The second kappa shape index (κ2) is 4.45. The van der Waals surface area contributed by atoms with Gasteiger partial charge < -0.3 is 5.32 Å². The number of nitrogens with one attached hydrogen (secondary N) is 1. The molecule has 1 aromatic rings. The van der Waals surface area contributed by atoms with Crippen LogP contribution < -0.4 is 10.9 Å². The molecule has 1 rings (SSSR count). The molecule has 4 heteroatoms. The molecule has 0 bridgehead atoms. The molecule has 1 heterocycles. The first-order valence-corrected chi connectivity index (χ1v) is 4.21. The summed E-state index contributed by atoms with van der Waals surface area (Å²) in [5.74, 6) is 0. The van der Waals surface area contributed by atoms with Gasteiger partial charge in [-0.15, -0.1) is 0 Å². The van der Waals surface area contributed by atoms with E-state index in [-0.39, 0.29) is 11.6 Å². The molecule has 0 aliphatic rings. The predicted octanol–water partition coefficient (Wildman–Crippen LogP) is 0.816. The first-order chi connectivity index (χ1) is 6.25. The Balaban J connectivity index is 2.77. The molecule has 0 saturated carbocycles. The zero-order valence-corrected chi connectivity index (χ0v) is 7.49. The highest BCUT2D eigenvalue weighted by Gasteiger charge is 2.02. The van der Waals surface area contributed by atoms with Gasteiger partial charge in [0.2, 0.25) is 0 Å². The van der Waals surface area contributed by atoms with Gasteiger partial charge in [0.1, 0.15) is 0 Å². The Morgan fingerprint density at radius 1 is 1.54 bits per heavy atom. The van der Waals surface area contributed by atoms with E-state index in [1.165, 1.54) is 12.3 Å². The van der Waals surface area contributed by atoms with E-state index >= 15 is 0 Å². The van der Waals surface area contributed by atoms with E-state index in [1.54, 1.807) is 12.1 Å². The molecule has 0 aliphatic carbocycles. The molecule has 0 unspecified atom stereocenters. The van der Waals surface area contributed by atoms with Crippen molar-refractivity contribution in [3.05, 3.63) is 34.7 Å². The van der Waals surface area contributed by atoms with Crippen LogP contribution in [-0.2, 0) is 0 Å². The van der Waals surface area contributed by atoms with E-state index in [4.69, 9.17) is 0 Å². The summed E-state index contributed by atoms with van der Waals surface area (Å²) < 4.78 is 1.05. The predicted molar refractivity (Wildman–Crippen MR) is 49.8 cm³/mol. The van der Waals surface area contributed by atoms with Crippen molar-refractivity contribution in [2.45, 2.75) is 13.3 Å². The van der Waals surface area contributed by atoms with Gasteiger partial charge in [-0.2, -0.15) is 0 Å². The number of hydrogen-bond donors (Lipinski definition) is 1. The maximum atomic E-state index is 11.3. The van der Waals surface area contributed by atoms with Crippen molar-refractivity contribution in [1.82, 2.24) is 9.88 Å². The van der Waals surface area contributed by atoms with Crippen LogP contribution >= 0.6 is 0 Å². The maximum Gasteiger partial charge on any atom is 0.328 e. The summed E-state index contributed by atoms with van der Waals surface area (Å²) in [4.78, 5) is 22.4. The molecule has 0 aromatic carbocycles. The summed E-state index contributed by atoms with van der Waals surface area (Å²) in [6, 6.07) is 4.23. The third kappa shape index (κ3) is 2.43. The van der Waals surface area contributed by atoms with Crippen LogP contribution in [0.4, 0.5) is 4.79 Å². The minimum atomic E-state index is -0.368. The van der Waals surface area contributed by atoms with E-state index in [9.17, 15) is 9.59 Å². The molecular formula is C9H12N2O2. The number of carbonyl (C=O) groups is 1. The van der Waals surface area contributed by atoms with Gasteiger partial charge in [-0.05, 0) is 12.5 Å². The average Bonchev–Trinajstić information content (AvgIpc) is 2.15. The van der Waals surface area contributed by atoms with Gasteiger partial charge in [0.05, 0.1) is 0 Å². The Labute approximate surface area is 76.2 Å². The molecular weight excluding hydrogens is 168 g/mol. The van der Waals surface area contributed by atoms with E-state index in [0.29, 0.717) is 6.54 Å². The molecule has 1 N–H and O–H groups in total. The normalized spacial score (nSPS) is 9.62. The number of carbonyl (C=O) groups excluding carboxylic acids is 1. The molecule has 70 valence electrons. The van der Waals surface area contributed by atoms with Gasteiger partial charge in [0.25, 0.3) is 5.56 Å². The van der Waals surface area contributed by atoms with Crippen molar-refractivity contribution in [2.24, 2.45) is 0 Å². The fraction of sp³-hybridized carbons (Fsp3) is 0.333. The molecule has 0 saturated heterocycles. The highest BCUT2D eigenvalue weighted by Crippen LogP contribution is 1.81. The number of amides is 1. The lowest BCUT2D eigenvalue weighted by Crippen LogP contribution is -2.35. The summed E-state index contributed by atoms with van der Waals surface area (Å²) >= 11 is 0. The van der Waals surface area contributed by atoms with E-state index < -0.39 is 0 Å². The maximum absolute atomic E-state index is 11.3. The highest BCUT2D eigenvalue weighted by atomic mass is 16.2. The molecule has 0 fully saturated rings. The Morgan fingerprint density at radius 2 is 2.31 bits per heavy atom. The minimum Gasteiger partial charge on any atom is -0.337 e. The van der Waals surface area contributed by atoms with Crippen LogP contribution in [0.1, 0.15) is 13.3 Å². The fourth-order valence-electron chi connectivity index (χ4n) is 0.912. The van der Waals surface area contributed by atoms with Crippen molar-refractivity contribution in [1.29, 1.82) is 0 Å². The smallest absolute Gasteiger partial charge is 0.328 e. The number of pyridine rings is 1. The third-order valence-corrected chi connectivity index (χ3v) is 1.57. The summed E-state index contributed by atoms with van der Waals surface area (Å²) in [6.45, 7) is 2.54. The van der Waals surface area contributed by atoms with Crippen molar-refractivity contribution in [3.8, 4) is 0 Å². The van der Waals surface area contributed by atoms with Crippen molar-refractivity contribution in [3.63, 3.8) is 0 Å². The van der Waals surface area contributed by atoms with Crippen LogP contribution in [0.5, 0.6) is 0 Å². The average molecular weight is 180 g/mol. The molecule has 1 amide bonds. The summed E-state index contributed by atoms with van der Waals surface area (Å²) in [7, 11) is 0. The quantitative estimate of drug-likeness (QED) is 0.732. The minimum absolute atomic E-state index is 0.309. The number of rotatable bonds is 2. The molecule has 4 nitrogen and oxygen atoms in total. The van der Waals surface area contributed by atoms with Crippen molar-refractivity contribution < 1.29 is 4.79 Å². The van der Waals surface area contributed by atoms with Gasteiger partial charge in [0.15, 0.2) is 0 Å². The van der Waals surface area contributed by atoms with Crippen LogP contribution in [0.3, 0.4) is 0 Å². The Hall–Kier alpha value is -1.58. The van der Waals surface area contributed by atoms with Gasteiger partial charge in [-0.3, -0.25) is 4.79 Å². The summed E-state index contributed by atoms with van der Waals surface area (Å²) in [6.07, 6.45) is 2.31. The Morgan fingerprint density at radius 3 is 2.92 bits per heavy atom. The lowest BCUT2D eigenvalue weighted by Gasteiger charge is -2.04. The van der Waals surface area contributed by atoms with Gasteiger partial charge >= 0.3 is 6.03 Å². The lowest BCUT2D eigenvalue weighted by atomic mass is 10.4. The first-order valence-electron chi connectivity index (χ1n) is 4.21. The number of aromatic nitrogens is 1. The summed E-state index contributed by atoms with van der Waals surface area (Å²) in [5, 5.41) is 2.61. The van der Waals surface area contributed by atoms with Crippen LogP contribution in [-0.4, -0.2) is 17.1 Å². The van der Waals surface area contributed by atoms with Crippen LogP contribution in [0.2, 0.25) is 0 Å². The van der Waals surface area contributed by atoms with E-state index in [1.807, 2.05) is 6.92 Å². The molecule has 0 aliphatic heterocycles. The van der Waals surface area contributed by atoms with Crippen LogP contribution in [0, 0.1) is 0 Å². The number of hydrogen-bond acceptors (Lipinski definition) is 2. The van der Waals surface area contributed by atoms with Crippen LogP contribution in [0.25, 0.3) is 0 Å². The van der Waals surface area contributed by atoms with E-state index in [0.717, 1.165) is 11.0 Å². The lowest BCUT2D eigenvalue weighted by molar-refractivity contribution is 0.241. The zero-order chi connectivity index (χ0) is 9.68. The van der Waals surface area contributed by atoms with Gasteiger partial charge in [-0.1, -0.05) is 13.0 Å². The molecule has 0 atom stereocenters. The monoisotopic (exact) mass is 180 g/mol. The standard InChI is InChI=1S/C9H12N2O2/c1-2-6-10-9(13)11-7-4-3-5-8(11)12/h3-5,7H,2,6H2,1H3,(H,10,13). The Bertz CT molecular complexity index is 343. The first kappa shape index (κ1) is 9.51. The fourth-order valence-corrected chi connectivity index (χ4v) is 0.912. The van der Waals surface area contributed by atoms with Gasteiger partial charge in [0, 0.05) is 18.8 Å². The van der Waals surface area contributed by atoms with Crippen molar-refractivity contribution >= 4 is 6.03 Å². The zero-order valence-electron chi connectivity index (χ0n) is 7.49. The highest BCUT2D eigenvalue weighted by molar-refractivity contribution is 5.76. The molecule has 13 heavy (non-hydrogen) atoms. The topological polar surface area (TPSA) is 51.1 Å². The molecule has 1 aromatic heterocycles. The second-order valence-corrected chi connectivity index (χ2v) is 2.64. The van der Waals surface area contributed by atoms with Gasteiger partial charge in [-0.25, -0.2) is 9.36 Å². The number of nitrogens with zero attached hydrogens (tertiary/aromatic N) is 1. The largest absolute Gasteiger partial charge is 0.337 e. The Kier molecular flexibility index (Phi) is 3.25. The SMILES string of the molecule is CCCNC(=O)n1ccccc1=O. The molecule has 0 spiro atoms. The molecule has 0 radical (unpaired) electrons.